The van der Waals surface area contributed by atoms with Crippen LogP contribution in [0.1, 0.15) is 0 Å². The van der Waals surface area contributed by atoms with Crippen LogP contribution in [-0.4, -0.2) is 0 Å². The molecule has 0 aromatic heterocycles. The highest BCUT2D eigenvalue weighted by Gasteiger charge is 2.22. The zero-order valence-electron chi connectivity index (χ0n) is 39.6. The Balaban J connectivity index is 1.03. The van der Waals surface area contributed by atoms with E-state index in [-0.39, 0.29) is 0 Å². The average molecular weight is 917 g/mol. The fourth-order valence-electron chi connectivity index (χ4n) is 10.6. The summed E-state index contributed by atoms with van der Waals surface area (Å²) in [5.74, 6) is 0. The van der Waals surface area contributed by atoms with Crippen molar-refractivity contribution in [3.63, 3.8) is 0 Å². The van der Waals surface area contributed by atoms with E-state index in [1.807, 2.05) is 0 Å². The van der Waals surface area contributed by atoms with Crippen LogP contribution in [0.3, 0.4) is 0 Å². The number of hydrogen-bond donors (Lipinski definition) is 0. The summed E-state index contributed by atoms with van der Waals surface area (Å²) in [6.45, 7) is 0. The highest BCUT2D eigenvalue weighted by molar-refractivity contribution is 6.02. The molecule has 338 valence electrons. The topological polar surface area (TPSA) is 6.48 Å². The maximum absolute atomic E-state index is 2.40. The molecule has 0 atom stereocenters. The molecule has 0 bridgehead atoms. The Hall–Kier alpha value is -9.50. The van der Waals surface area contributed by atoms with Gasteiger partial charge < -0.3 is 9.80 Å². The van der Waals surface area contributed by atoms with E-state index in [9.17, 15) is 0 Å². The van der Waals surface area contributed by atoms with Gasteiger partial charge in [0.15, 0.2) is 0 Å². The number of hydrogen-bond acceptors (Lipinski definition) is 2. The second-order valence-electron chi connectivity index (χ2n) is 18.5. The first-order chi connectivity index (χ1) is 35.7. The quantitative estimate of drug-likeness (QED) is 0.135. The van der Waals surface area contributed by atoms with Crippen LogP contribution in [0.15, 0.2) is 291 Å². The Labute approximate surface area is 420 Å². The van der Waals surface area contributed by atoms with Crippen molar-refractivity contribution >= 4 is 77.2 Å². The fourth-order valence-corrected chi connectivity index (χ4v) is 10.6. The van der Waals surface area contributed by atoms with Crippen molar-refractivity contribution in [3.05, 3.63) is 291 Å². The standard InChI is InChI=1S/C70H48N2/c1-3-25-59(26-4-1)71(61-37-35-51-19-9-13-23-55(51)45-61)63-39-41-67(69(47-63)57-33-31-49-17-7-11-21-53(49)43-57)65-29-15-16-30-66(65)68-42-40-64(48-70(68)58-34-32-50-18-8-12-22-54(50)44-58)72(60-27-5-2-6-28-60)62-38-36-52-20-10-14-24-56(52)46-62/h1-48H. The number of anilines is 6. The number of fused-ring (bicyclic) bond motifs is 4. The molecule has 72 heavy (non-hydrogen) atoms. The second-order valence-corrected chi connectivity index (χ2v) is 18.5. The molecule has 0 spiro atoms. The third-order valence-electron chi connectivity index (χ3n) is 14.2. The average Bonchev–Trinajstić information content (AvgIpc) is 3.45. The van der Waals surface area contributed by atoms with Crippen LogP contribution in [-0.2, 0) is 0 Å². The summed E-state index contributed by atoms with van der Waals surface area (Å²) in [5, 5.41) is 9.69. The first-order valence-electron chi connectivity index (χ1n) is 24.7. The van der Waals surface area contributed by atoms with Crippen molar-refractivity contribution in [3.8, 4) is 44.5 Å². The van der Waals surface area contributed by atoms with E-state index in [1.54, 1.807) is 0 Å². The van der Waals surface area contributed by atoms with Gasteiger partial charge in [-0.1, -0.05) is 206 Å². The van der Waals surface area contributed by atoms with Crippen molar-refractivity contribution in [1.82, 2.24) is 0 Å². The lowest BCUT2D eigenvalue weighted by molar-refractivity contribution is 1.29. The minimum atomic E-state index is 1.08. The lowest BCUT2D eigenvalue weighted by atomic mass is 9.85. The molecule has 0 saturated carbocycles. The molecule has 0 aliphatic rings. The third kappa shape index (κ3) is 8.01. The van der Waals surface area contributed by atoms with Gasteiger partial charge in [-0.3, -0.25) is 0 Å². The van der Waals surface area contributed by atoms with Gasteiger partial charge >= 0.3 is 0 Å². The molecular formula is C70H48N2. The summed E-state index contributed by atoms with van der Waals surface area (Å²) in [4.78, 5) is 4.77. The molecule has 0 aliphatic carbocycles. The lowest BCUT2D eigenvalue weighted by Crippen LogP contribution is -2.10. The first-order valence-corrected chi connectivity index (χ1v) is 24.7. The Morgan fingerprint density at radius 1 is 0.153 bits per heavy atom. The predicted molar refractivity (Wildman–Crippen MR) is 308 cm³/mol. The Morgan fingerprint density at radius 2 is 0.431 bits per heavy atom. The molecular weight excluding hydrogens is 869 g/mol. The van der Waals surface area contributed by atoms with Crippen molar-refractivity contribution < 1.29 is 0 Å². The van der Waals surface area contributed by atoms with Crippen LogP contribution in [0.2, 0.25) is 0 Å². The molecule has 0 amide bonds. The van der Waals surface area contributed by atoms with Crippen LogP contribution in [0, 0.1) is 0 Å². The summed E-state index contributed by atoms with van der Waals surface area (Å²) in [6, 6.07) is 106. The van der Waals surface area contributed by atoms with Gasteiger partial charge in [-0.25, -0.2) is 0 Å². The van der Waals surface area contributed by atoms with Crippen LogP contribution >= 0.6 is 0 Å². The normalized spacial score (nSPS) is 11.3. The van der Waals surface area contributed by atoms with Crippen LogP contribution in [0.25, 0.3) is 87.6 Å². The number of benzene rings is 13. The van der Waals surface area contributed by atoms with Gasteiger partial charge in [-0.2, -0.15) is 0 Å². The van der Waals surface area contributed by atoms with Crippen LogP contribution < -0.4 is 9.80 Å². The minimum absolute atomic E-state index is 1.08. The van der Waals surface area contributed by atoms with Gasteiger partial charge in [0.1, 0.15) is 0 Å². The van der Waals surface area contributed by atoms with E-state index in [0.717, 1.165) is 78.6 Å². The molecule has 13 aromatic rings. The lowest BCUT2D eigenvalue weighted by Gasteiger charge is -2.28. The van der Waals surface area contributed by atoms with E-state index in [2.05, 4.69) is 301 Å². The zero-order chi connectivity index (χ0) is 47.8. The summed E-state index contributed by atoms with van der Waals surface area (Å²) >= 11 is 0. The molecule has 2 nitrogen and oxygen atoms in total. The zero-order valence-corrected chi connectivity index (χ0v) is 39.6. The summed E-state index contributed by atoms with van der Waals surface area (Å²) in [7, 11) is 0. The highest BCUT2D eigenvalue weighted by Crippen LogP contribution is 2.47. The largest absolute Gasteiger partial charge is 0.310 e. The summed E-state index contributed by atoms with van der Waals surface area (Å²) in [5.41, 5.74) is 15.8. The third-order valence-corrected chi connectivity index (χ3v) is 14.2. The van der Waals surface area contributed by atoms with Gasteiger partial charge in [0.25, 0.3) is 0 Å². The van der Waals surface area contributed by atoms with Crippen molar-refractivity contribution in [2.45, 2.75) is 0 Å². The van der Waals surface area contributed by atoms with Gasteiger partial charge in [-0.05, 0) is 173 Å². The predicted octanol–water partition coefficient (Wildman–Crippen LogP) is 19.9. The second kappa shape index (κ2) is 18.4. The van der Waals surface area contributed by atoms with E-state index in [1.165, 1.54) is 43.1 Å². The molecule has 13 aromatic carbocycles. The molecule has 0 fully saturated rings. The van der Waals surface area contributed by atoms with Crippen LogP contribution in [0.5, 0.6) is 0 Å². The maximum atomic E-state index is 2.40. The molecule has 0 N–H and O–H groups in total. The van der Waals surface area contributed by atoms with Crippen LogP contribution in [0.4, 0.5) is 34.1 Å². The molecule has 0 saturated heterocycles. The highest BCUT2D eigenvalue weighted by atomic mass is 15.1. The van der Waals surface area contributed by atoms with E-state index in [4.69, 9.17) is 0 Å². The number of nitrogens with zero attached hydrogens (tertiary/aromatic N) is 2. The van der Waals surface area contributed by atoms with E-state index in [0.29, 0.717) is 0 Å². The molecule has 2 heteroatoms. The van der Waals surface area contributed by atoms with Crippen molar-refractivity contribution in [2.24, 2.45) is 0 Å². The van der Waals surface area contributed by atoms with Gasteiger partial charge in [-0.15, -0.1) is 0 Å². The molecule has 0 heterocycles. The van der Waals surface area contributed by atoms with Crippen molar-refractivity contribution in [2.75, 3.05) is 9.80 Å². The van der Waals surface area contributed by atoms with Gasteiger partial charge in [0.05, 0.1) is 0 Å². The molecule has 13 rings (SSSR count). The van der Waals surface area contributed by atoms with E-state index < -0.39 is 0 Å². The number of para-hydroxylation sites is 2. The summed E-state index contributed by atoms with van der Waals surface area (Å²) in [6.07, 6.45) is 0. The first kappa shape index (κ1) is 42.6. The van der Waals surface area contributed by atoms with Gasteiger partial charge in [0, 0.05) is 34.1 Å². The fraction of sp³-hybridized carbons (Fsp3) is 0. The molecule has 0 unspecified atom stereocenters. The Kier molecular flexibility index (Phi) is 10.9. The molecule has 0 aliphatic heterocycles. The van der Waals surface area contributed by atoms with Crippen molar-refractivity contribution in [1.29, 1.82) is 0 Å². The Bertz CT molecular complexity index is 3850. The van der Waals surface area contributed by atoms with Gasteiger partial charge in [0.2, 0.25) is 0 Å². The minimum Gasteiger partial charge on any atom is -0.310 e. The molecule has 0 radical (unpaired) electrons. The van der Waals surface area contributed by atoms with E-state index >= 15 is 0 Å². The summed E-state index contributed by atoms with van der Waals surface area (Å²) < 4.78 is 0. The monoisotopic (exact) mass is 916 g/mol. The SMILES string of the molecule is c1ccc(N(c2ccc(-c3ccccc3-c3ccc(N(c4ccccc4)c4ccc5ccccc5c4)cc3-c3ccc4ccccc4c3)c(-c3ccc4ccccc4c3)c2)c2ccc3ccccc3c2)cc1. The Morgan fingerprint density at radius 3 is 0.819 bits per heavy atom. The number of rotatable bonds is 10. The maximum Gasteiger partial charge on any atom is 0.0468 e. The smallest absolute Gasteiger partial charge is 0.0468 e.